The molecule has 8 heteroatoms. The number of amides is 2. The summed E-state index contributed by atoms with van der Waals surface area (Å²) in [7, 11) is 0. The van der Waals surface area contributed by atoms with E-state index < -0.39 is 23.6 Å². The molecule has 0 radical (unpaired) electrons. The number of carbonyl (C=O) groups excluding carboxylic acids is 2. The zero-order valence-corrected chi connectivity index (χ0v) is 14.7. The molecule has 1 aromatic heterocycles. The largest absolute Gasteiger partial charge is 0.354 e. The molecule has 0 saturated carbocycles. The number of nitrogens with one attached hydrogen (secondary N) is 2. The maximum Gasteiger partial charge on any atom is 0.272 e. The van der Waals surface area contributed by atoms with Crippen molar-refractivity contribution in [2.45, 2.75) is 44.6 Å². The summed E-state index contributed by atoms with van der Waals surface area (Å²) in [5.41, 5.74) is 2.27. The van der Waals surface area contributed by atoms with Gasteiger partial charge in [0.05, 0.1) is 5.69 Å². The van der Waals surface area contributed by atoms with Crippen molar-refractivity contribution in [1.29, 1.82) is 0 Å². The maximum atomic E-state index is 13.6. The molecule has 27 heavy (non-hydrogen) atoms. The first kappa shape index (κ1) is 17.6. The fourth-order valence-corrected chi connectivity index (χ4v) is 3.75. The van der Waals surface area contributed by atoms with Gasteiger partial charge in [0, 0.05) is 23.9 Å². The van der Waals surface area contributed by atoms with Crippen LogP contribution in [0.25, 0.3) is 5.69 Å². The Balaban J connectivity index is 1.64. The van der Waals surface area contributed by atoms with Gasteiger partial charge >= 0.3 is 0 Å². The third-order valence-electron chi connectivity index (χ3n) is 5.13. The van der Waals surface area contributed by atoms with E-state index in [2.05, 4.69) is 15.7 Å². The van der Waals surface area contributed by atoms with Crippen molar-refractivity contribution in [3.05, 3.63) is 46.8 Å². The van der Waals surface area contributed by atoms with Crippen LogP contribution in [-0.4, -0.2) is 34.2 Å². The number of fused-ring (bicyclic) bond motifs is 1. The molecule has 1 atom stereocenters. The number of nitrogens with zero attached hydrogens (tertiary/aromatic N) is 2. The van der Waals surface area contributed by atoms with Crippen molar-refractivity contribution >= 4 is 11.8 Å². The molecule has 2 aromatic rings. The van der Waals surface area contributed by atoms with Crippen LogP contribution in [-0.2, 0) is 17.6 Å². The summed E-state index contributed by atoms with van der Waals surface area (Å²) in [6.07, 6.45) is 4.59. The third kappa shape index (κ3) is 3.31. The van der Waals surface area contributed by atoms with E-state index in [0.29, 0.717) is 31.5 Å². The number of benzene rings is 1. The summed E-state index contributed by atoms with van der Waals surface area (Å²) in [6, 6.07) is 2.97. The Bertz CT molecular complexity index is 909. The van der Waals surface area contributed by atoms with Crippen LogP contribution in [0.5, 0.6) is 0 Å². The van der Waals surface area contributed by atoms with Gasteiger partial charge in [0.2, 0.25) is 5.91 Å². The molecule has 142 valence electrons. The van der Waals surface area contributed by atoms with E-state index in [1.807, 2.05) is 0 Å². The van der Waals surface area contributed by atoms with Crippen LogP contribution < -0.4 is 10.6 Å². The standard InChI is InChI=1S/C19H20F2N4O2/c20-13-8-7-11(10-14(13)21)25-16-6-3-4-12(16)17(24-25)19(27)23-15-5-1-2-9-22-18(15)26/h7-8,10,15H,1-6,9H2,(H,22,26)(H,23,27). The molecule has 1 fully saturated rings. The molecule has 1 unspecified atom stereocenters. The zero-order valence-electron chi connectivity index (χ0n) is 14.7. The molecular weight excluding hydrogens is 354 g/mol. The van der Waals surface area contributed by atoms with Crippen molar-refractivity contribution in [1.82, 2.24) is 20.4 Å². The molecule has 1 aliphatic heterocycles. The van der Waals surface area contributed by atoms with Crippen LogP contribution in [0.15, 0.2) is 18.2 Å². The van der Waals surface area contributed by atoms with Crippen LogP contribution in [0.4, 0.5) is 8.78 Å². The summed E-state index contributed by atoms with van der Waals surface area (Å²) in [5.74, 6) is -2.48. The lowest BCUT2D eigenvalue weighted by Crippen LogP contribution is -2.45. The van der Waals surface area contributed by atoms with Gasteiger partial charge in [-0.05, 0) is 50.7 Å². The molecule has 1 saturated heterocycles. The van der Waals surface area contributed by atoms with Gasteiger partial charge in [-0.15, -0.1) is 0 Å². The third-order valence-corrected chi connectivity index (χ3v) is 5.13. The Hall–Kier alpha value is -2.77. The highest BCUT2D eigenvalue weighted by Gasteiger charge is 2.30. The highest BCUT2D eigenvalue weighted by atomic mass is 19.2. The van der Waals surface area contributed by atoms with Gasteiger partial charge in [-0.25, -0.2) is 13.5 Å². The number of rotatable bonds is 3. The monoisotopic (exact) mass is 374 g/mol. The quantitative estimate of drug-likeness (QED) is 0.863. The minimum absolute atomic E-state index is 0.183. The van der Waals surface area contributed by atoms with E-state index in [1.54, 1.807) is 0 Å². The Kier molecular flexibility index (Phi) is 4.63. The Morgan fingerprint density at radius 1 is 1.19 bits per heavy atom. The predicted molar refractivity (Wildman–Crippen MR) is 93.6 cm³/mol. The Morgan fingerprint density at radius 2 is 2.04 bits per heavy atom. The van der Waals surface area contributed by atoms with Crippen molar-refractivity contribution in [2.75, 3.05) is 6.54 Å². The lowest BCUT2D eigenvalue weighted by Gasteiger charge is -2.14. The molecule has 2 heterocycles. The van der Waals surface area contributed by atoms with Crippen molar-refractivity contribution in [3.63, 3.8) is 0 Å². The molecule has 2 N–H and O–H groups in total. The normalized spacial score (nSPS) is 19.3. The van der Waals surface area contributed by atoms with Gasteiger partial charge < -0.3 is 10.6 Å². The molecular formula is C19H20F2N4O2. The first-order valence-corrected chi connectivity index (χ1v) is 9.19. The number of hydrogen-bond acceptors (Lipinski definition) is 3. The van der Waals surface area contributed by atoms with Crippen LogP contribution in [0, 0.1) is 11.6 Å². The summed E-state index contributed by atoms with van der Waals surface area (Å²) in [5, 5.41) is 9.94. The second kappa shape index (κ2) is 7.09. The van der Waals surface area contributed by atoms with Crippen LogP contribution in [0.1, 0.15) is 47.4 Å². The molecule has 0 spiro atoms. The second-order valence-electron chi connectivity index (χ2n) is 6.95. The highest BCUT2D eigenvalue weighted by molar-refractivity contribution is 5.97. The summed E-state index contributed by atoms with van der Waals surface area (Å²) in [4.78, 5) is 24.9. The van der Waals surface area contributed by atoms with Crippen LogP contribution in [0.3, 0.4) is 0 Å². The minimum Gasteiger partial charge on any atom is -0.354 e. The van der Waals surface area contributed by atoms with E-state index >= 15 is 0 Å². The van der Waals surface area contributed by atoms with E-state index in [-0.39, 0.29) is 11.6 Å². The Labute approximate surface area is 154 Å². The van der Waals surface area contributed by atoms with E-state index in [0.717, 1.165) is 42.7 Å². The highest BCUT2D eigenvalue weighted by Crippen LogP contribution is 2.28. The fraction of sp³-hybridized carbons (Fsp3) is 0.421. The SMILES string of the molecule is O=C(NC1CCCCNC1=O)c1nn(-c2ccc(F)c(F)c2)c2c1CCC2. The topological polar surface area (TPSA) is 76.0 Å². The number of aromatic nitrogens is 2. The second-order valence-corrected chi connectivity index (χ2v) is 6.95. The van der Waals surface area contributed by atoms with Crippen LogP contribution in [0.2, 0.25) is 0 Å². The van der Waals surface area contributed by atoms with E-state index in [4.69, 9.17) is 0 Å². The Morgan fingerprint density at radius 3 is 2.85 bits per heavy atom. The maximum absolute atomic E-state index is 13.6. The van der Waals surface area contributed by atoms with Crippen LogP contribution >= 0.6 is 0 Å². The smallest absolute Gasteiger partial charge is 0.272 e. The van der Waals surface area contributed by atoms with Gasteiger partial charge in [-0.1, -0.05) is 0 Å². The predicted octanol–water partition coefficient (Wildman–Crippen LogP) is 2.04. The summed E-state index contributed by atoms with van der Waals surface area (Å²) < 4.78 is 28.4. The fourth-order valence-electron chi connectivity index (χ4n) is 3.75. The lowest BCUT2D eigenvalue weighted by atomic mass is 10.1. The van der Waals surface area contributed by atoms with E-state index in [1.165, 1.54) is 10.7 Å². The van der Waals surface area contributed by atoms with Gasteiger partial charge in [-0.2, -0.15) is 5.10 Å². The van der Waals surface area contributed by atoms with Crippen molar-refractivity contribution in [3.8, 4) is 5.69 Å². The molecule has 1 aliphatic carbocycles. The molecule has 2 amide bonds. The van der Waals surface area contributed by atoms with Gasteiger partial charge in [0.15, 0.2) is 17.3 Å². The first-order chi connectivity index (χ1) is 13.0. The zero-order chi connectivity index (χ0) is 19.0. The van der Waals surface area contributed by atoms with Gasteiger partial charge in [0.1, 0.15) is 6.04 Å². The molecule has 6 nitrogen and oxygen atoms in total. The van der Waals surface area contributed by atoms with Gasteiger partial charge in [0.25, 0.3) is 5.91 Å². The molecule has 2 aliphatic rings. The molecule has 1 aromatic carbocycles. The average Bonchev–Trinajstić information content (AvgIpc) is 3.19. The number of hydrogen-bond donors (Lipinski definition) is 2. The molecule has 0 bridgehead atoms. The molecule has 4 rings (SSSR count). The lowest BCUT2D eigenvalue weighted by molar-refractivity contribution is -0.122. The van der Waals surface area contributed by atoms with Crippen molar-refractivity contribution in [2.24, 2.45) is 0 Å². The first-order valence-electron chi connectivity index (χ1n) is 9.19. The summed E-state index contributed by atoms with van der Waals surface area (Å²) in [6.45, 7) is 0.616. The average molecular weight is 374 g/mol. The van der Waals surface area contributed by atoms with Gasteiger partial charge in [-0.3, -0.25) is 9.59 Å². The number of carbonyl (C=O) groups is 2. The number of halogens is 2. The summed E-state index contributed by atoms with van der Waals surface area (Å²) >= 11 is 0. The minimum atomic E-state index is -0.962. The van der Waals surface area contributed by atoms with E-state index in [9.17, 15) is 18.4 Å². The van der Waals surface area contributed by atoms with Crippen molar-refractivity contribution < 1.29 is 18.4 Å².